The minimum absolute atomic E-state index is 1.11. The molecule has 1 aromatic heterocycles. The molecule has 0 N–H and O–H groups in total. The van der Waals surface area contributed by atoms with Gasteiger partial charge in [0.2, 0.25) is 0 Å². The van der Waals surface area contributed by atoms with E-state index in [4.69, 9.17) is 0 Å². The Hall–Kier alpha value is -1.57. The number of aromatic nitrogens is 1. The lowest BCUT2D eigenvalue weighted by Gasteiger charge is -2.27. The normalized spacial score (nSPS) is 18.1. The SMILES string of the molecule is CC1=C2C=Cc3cncc(C)c3N2CC1. The van der Waals surface area contributed by atoms with Crippen molar-refractivity contribution in [1.29, 1.82) is 0 Å². The second-order valence-electron chi connectivity index (χ2n) is 4.29. The number of aryl methyl sites for hydroxylation is 1. The van der Waals surface area contributed by atoms with Gasteiger partial charge < -0.3 is 4.90 Å². The first kappa shape index (κ1) is 8.72. The summed E-state index contributed by atoms with van der Waals surface area (Å²) < 4.78 is 0. The summed E-state index contributed by atoms with van der Waals surface area (Å²) in [5.74, 6) is 0. The Bertz CT molecular complexity index is 483. The smallest absolute Gasteiger partial charge is 0.0545 e. The fraction of sp³-hybridized carbons (Fsp3) is 0.308. The van der Waals surface area contributed by atoms with Crippen molar-refractivity contribution in [2.45, 2.75) is 20.3 Å². The first-order valence-corrected chi connectivity index (χ1v) is 5.37. The Labute approximate surface area is 89.9 Å². The molecular formula is C13H14N2. The van der Waals surface area contributed by atoms with Crippen LogP contribution in [0.3, 0.4) is 0 Å². The van der Waals surface area contributed by atoms with Crippen LogP contribution in [0.4, 0.5) is 5.69 Å². The number of nitrogens with zero attached hydrogens (tertiary/aromatic N) is 2. The average molecular weight is 198 g/mol. The van der Waals surface area contributed by atoms with Crippen LogP contribution in [-0.4, -0.2) is 11.5 Å². The first-order chi connectivity index (χ1) is 7.27. The predicted molar refractivity (Wildman–Crippen MR) is 62.7 cm³/mol. The van der Waals surface area contributed by atoms with E-state index in [0.29, 0.717) is 0 Å². The van der Waals surface area contributed by atoms with Gasteiger partial charge in [-0.15, -0.1) is 0 Å². The lowest BCUT2D eigenvalue weighted by atomic mass is 10.1. The molecule has 76 valence electrons. The summed E-state index contributed by atoms with van der Waals surface area (Å²) in [7, 11) is 0. The number of anilines is 1. The fourth-order valence-corrected chi connectivity index (χ4v) is 2.46. The van der Waals surface area contributed by atoms with Gasteiger partial charge in [-0.05, 0) is 43.6 Å². The zero-order valence-corrected chi connectivity index (χ0v) is 9.12. The Morgan fingerprint density at radius 2 is 2.07 bits per heavy atom. The summed E-state index contributed by atoms with van der Waals surface area (Å²) in [6, 6.07) is 0. The molecule has 0 aliphatic carbocycles. The minimum atomic E-state index is 1.11. The Morgan fingerprint density at radius 1 is 1.20 bits per heavy atom. The number of fused-ring (bicyclic) bond motifs is 3. The largest absolute Gasteiger partial charge is 0.340 e. The summed E-state index contributed by atoms with van der Waals surface area (Å²) in [6.45, 7) is 5.47. The molecular weight excluding hydrogens is 184 g/mol. The highest BCUT2D eigenvalue weighted by atomic mass is 15.2. The molecule has 0 spiro atoms. The second kappa shape index (κ2) is 2.96. The Balaban J connectivity index is 2.24. The maximum Gasteiger partial charge on any atom is 0.0545 e. The van der Waals surface area contributed by atoms with E-state index in [1.54, 1.807) is 0 Å². The van der Waals surface area contributed by atoms with Gasteiger partial charge in [-0.3, -0.25) is 4.98 Å². The molecule has 0 bridgehead atoms. The fourth-order valence-electron chi connectivity index (χ4n) is 2.46. The highest BCUT2D eigenvalue weighted by molar-refractivity contribution is 5.79. The molecule has 0 atom stereocenters. The molecule has 1 aromatic rings. The van der Waals surface area contributed by atoms with Crippen LogP contribution in [0.15, 0.2) is 29.7 Å². The van der Waals surface area contributed by atoms with Gasteiger partial charge in [0.15, 0.2) is 0 Å². The molecule has 0 saturated carbocycles. The van der Waals surface area contributed by atoms with Gasteiger partial charge >= 0.3 is 0 Å². The van der Waals surface area contributed by atoms with Gasteiger partial charge in [0.25, 0.3) is 0 Å². The molecule has 0 aromatic carbocycles. The van der Waals surface area contributed by atoms with Crippen LogP contribution in [0.1, 0.15) is 24.5 Å². The van der Waals surface area contributed by atoms with Gasteiger partial charge in [-0.25, -0.2) is 0 Å². The van der Waals surface area contributed by atoms with Crippen molar-refractivity contribution in [3.8, 4) is 0 Å². The monoisotopic (exact) mass is 198 g/mol. The highest BCUT2D eigenvalue weighted by Crippen LogP contribution is 2.38. The van der Waals surface area contributed by atoms with Crippen molar-refractivity contribution in [3.63, 3.8) is 0 Å². The molecule has 2 aliphatic rings. The molecule has 0 unspecified atom stereocenters. The third-order valence-electron chi connectivity index (χ3n) is 3.26. The number of pyridine rings is 1. The Morgan fingerprint density at radius 3 is 2.93 bits per heavy atom. The van der Waals surface area contributed by atoms with Crippen LogP contribution < -0.4 is 4.90 Å². The van der Waals surface area contributed by atoms with Crippen molar-refractivity contribution in [2.75, 3.05) is 11.4 Å². The van der Waals surface area contributed by atoms with Gasteiger partial charge in [0.05, 0.1) is 5.69 Å². The molecule has 3 rings (SSSR count). The van der Waals surface area contributed by atoms with Crippen LogP contribution in [0, 0.1) is 6.92 Å². The maximum absolute atomic E-state index is 4.24. The molecule has 0 amide bonds. The van der Waals surface area contributed by atoms with Gasteiger partial charge in [-0.1, -0.05) is 0 Å². The van der Waals surface area contributed by atoms with E-state index in [1.807, 2.05) is 12.4 Å². The van der Waals surface area contributed by atoms with Crippen molar-refractivity contribution in [1.82, 2.24) is 4.98 Å². The molecule has 2 heteroatoms. The van der Waals surface area contributed by atoms with Crippen LogP contribution in [0.25, 0.3) is 6.08 Å². The van der Waals surface area contributed by atoms with Crippen molar-refractivity contribution in [3.05, 3.63) is 40.9 Å². The second-order valence-corrected chi connectivity index (χ2v) is 4.29. The highest BCUT2D eigenvalue weighted by Gasteiger charge is 2.25. The van der Waals surface area contributed by atoms with E-state index in [0.717, 1.165) is 6.54 Å². The summed E-state index contributed by atoms with van der Waals surface area (Å²) in [6.07, 6.45) is 9.47. The van der Waals surface area contributed by atoms with E-state index in [-0.39, 0.29) is 0 Å². The molecule has 0 saturated heterocycles. The third-order valence-corrected chi connectivity index (χ3v) is 3.26. The molecule has 0 radical (unpaired) electrons. The molecule has 15 heavy (non-hydrogen) atoms. The van der Waals surface area contributed by atoms with Crippen molar-refractivity contribution >= 4 is 11.8 Å². The summed E-state index contributed by atoms with van der Waals surface area (Å²) in [5, 5.41) is 0. The van der Waals surface area contributed by atoms with Crippen LogP contribution in [-0.2, 0) is 0 Å². The van der Waals surface area contributed by atoms with E-state index >= 15 is 0 Å². The minimum Gasteiger partial charge on any atom is -0.340 e. The van der Waals surface area contributed by atoms with E-state index in [1.165, 1.54) is 34.5 Å². The lowest BCUT2D eigenvalue weighted by Crippen LogP contribution is -2.21. The van der Waals surface area contributed by atoms with Crippen LogP contribution >= 0.6 is 0 Å². The molecule has 3 heterocycles. The molecule has 2 aliphatic heterocycles. The zero-order chi connectivity index (χ0) is 10.4. The average Bonchev–Trinajstić information content (AvgIpc) is 2.61. The van der Waals surface area contributed by atoms with Crippen LogP contribution in [0.5, 0.6) is 0 Å². The summed E-state index contributed by atoms with van der Waals surface area (Å²) in [5.41, 5.74) is 6.74. The standard InChI is InChI=1S/C13H14N2/c1-9-5-6-15-12(9)4-3-11-8-14-7-10(2)13(11)15/h3-4,7-8H,5-6H2,1-2H3. The molecule has 0 fully saturated rings. The van der Waals surface area contributed by atoms with Crippen molar-refractivity contribution < 1.29 is 0 Å². The van der Waals surface area contributed by atoms with Crippen molar-refractivity contribution in [2.24, 2.45) is 0 Å². The number of hydrogen-bond acceptors (Lipinski definition) is 2. The summed E-state index contributed by atoms with van der Waals surface area (Å²) >= 11 is 0. The van der Waals surface area contributed by atoms with Crippen LogP contribution in [0.2, 0.25) is 0 Å². The molecule has 2 nitrogen and oxygen atoms in total. The van der Waals surface area contributed by atoms with E-state index < -0.39 is 0 Å². The number of allylic oxidation sites excluding steroid dienone is 1. The van der Waals surface area contributed by atoms with E-state index in [2.05, 4.69) is 35.9 Å². The summed E-state index contributed by atoms with van der Waals surface area (Å²) in [4.78, 5) is 6.66. The van der Waals surface area contributed by atoms with E-state index in [9.17, 15) is 0 Å². The number of rotatable bonds is 0. The predicted octanol–water partition coefficient (Wildman–Crippen LogP) is 2.90. The van der Waals surface area contributed by atoms with Gasteiger partial charge in [0, 0.05) is 30.2 Å². The zero-order valence-electron chi connectivity index (χ0n) is 9.12. The van der Waals surface area contributed by atoms with Gasteiger partial charge in [0.1, 0.15) is 0 Å². The number of hydrogen-bond donors (Lipinski definition) is 0. The van der Waals surface area contributed by atoms with Gasteiger partial charge in [-0.2, -0.15) is 0 Å². The third kappa shape index (κ3) is 1.14. The topological polar surface area (TPSA) is 16.1 Å². The lowest BCUT2D eigenvalue weighted by molar-refractivity contribution is 0.954. The Kier molecular flexibility index (Phi) is 1.72. The first-order valence-electron chi connectivity index (χ1n) is 5.37. The maximum atomic E-state index is 4.24. The quantitative estimate of drug-likeness (QED) is 0.637.